The number of hydrogen-bond acceptors (Lipinski definition) is 3. The fraction of sp³-hybridized carbons (Fsp3) is 0.412. The molecule has 1 aliphatic rings. The van der Waals surface area contributed by atoms with Crippen LogP contribution in [0.5, 0.6) is 5.75 Å². The van der Waals surface area contributed by atoms with Crippen molar-refractivity contribution in [3.05, 3.63) is 42.5 Å². The van der Waals surface area contributed by atoms with E-state index in [1.54, 1.807) is 0 Å². The molecule has 2 N–H and O–H groups in total. The van der Waals surface area contributed by atoms with Crippen molar-refractivity contribution in [1.29, 1.82) is 0 Å². The summed E-state index contributed by atoms with van der Waals surface area (Å²) in [7, 11) is 0. The summed E-state index contributed by atoms with van der Waals surface area (Å²) in [5.41, 5.74) is 5.72. The Morgan fingerprint density at radius 3 is 2.85 bits per heavy atom. The number of hydrogen-bond donors (Lipinski definition) is 1. The third-order valence-corrected chi connectivity index (χ3v) is 4.12. The van der Waals surface area contributed by atoms with E-state index < -0.39 is 0 Å². The highest BCUT2D eigenvalue weighted by molar-refractivity contribution is 5.88. The van der Waals surface area contributed by atoms with Gasteiger partial charge in [0.1, 0.15) is 12.4 Å². The van der Waals surface area contributed by atoms with Crippen LogP contribution in [0.3, 0.4) is 0 Å². The number of rotatable bonds is 5. The maximum atomic E-state index is 5.98. The van der Waals surface area contributed by atoms with E-state index in [1.807, 2.05) is 0 Å². The number of benzene rings is 2. The molecule has 0 aliphatic carbocycles. The minimum atomic E-state index is 0.674. The Balaban J connectivity index is 1.58. The van der Waals surface area contributed by atoms with Crippen LogP contribution in [-0.4, -0.2) is 37.7 Å². The molecule has 20 heavy (non-hydrogen) atoms. The van der Waals surface area contributed by atoms with E-state index in [-0.39, 0.29) is 0 Å². The quantitative estimate of drug-likeness (QED) is 0.907. The van der Waals surface area contributed by atoms with Gasteiger partial charge in [-0.2, -0.15) is 0 Å². The van der Waals surface area contributed by atoms with Crippen LogP contribution in [0, 0.1) is 5.92 Å². The summed E-state index contributed by atoms with van der Waals surface area (Å²) in [5.74, 6) is 1.66. The number of likely N-dealkylation sites (tertiary alicyclic amines) is 1. The zero-order valence-electron chi connectivity index (χ0n) is 11.8. The highest BCUT2D eigenvalue weighted by Crippen LogP contribution is 2.25. The van der Waals surface area contributed by atoms with Crippen molar-refractivity contribution in [3.8, 4) is 5.75 Å². The van der Waals surface area contributed by atoms with Crippen LogP contribution in [0.1, 0.15) is 6.42 Å². The largest absolute Gasteiger partial charge is 0.492 e. The molecule has 3 heteroatoms. The highest BCUT2D eigenvalue weighted by atomic mass is 16.5. The lowest BCUT2D eigenvalue weighted by Crippen LogP contribution is -2.27. The lowest BCUT2D eigenvalue weighted by atomic mass is 10.1. The number of nitrogens with two attached hydrogens (primary N) is 1. The van der Waals surface area contributed by atoms with Crippen LogP contribution in [0.25, 0.3) is 10.8 Å². The van der Waals surface area contributed by atoms with Crippen molar-refractivity contribution in [2.45, 2.75) is 6.42 Å². The van der Waals surface area contributed by atoms with Crippen LogP contribution >= 0.6 is 0 Å². The molecule has 0 bridgehead atoms. The molecular formula is C17H22N2O. The number of ether oxygens (including phenoxy) is 1. The molecule has 1 aliphatic heterocycles. The molecule has 1 saturated heterocycles. The Morgan fingerprint density at radius 1 is 1.15 bits per heavy atom. The first-order valence-electron chi connectivity index (χ1n) is 7.40. The monoisotopic (exact) mass is 270 g/mol. The van der Waals surface area contributed by atoms with E-state index in [4.69, 9.17) is 10.5 Å². The zero-order valence-corrected chi connectivity index (χ0v) is 11.8. The Hall–Kier alpha value is -1.58. The van der Waals surface area contributed by atoms with Crippen LogP contribution in [0.2, 0.25) is 0 Å². The Labute approximate surface area is 120 Å². The van der Waals surface area contributed by atoms with Crippen LogP contribution in [-0.2, 0) is 0 Å². The Kier molecular flexibility index (Phi) is 4.19. The summed E-state index contributed by atoms with van der Waals surface area (Å²) in [6.07, 6.45) is 1.23. The first kappa shape index (κ1) is 13.4. The van der Waals surface area contributed by atoms with E-state index in [9.17, 15) is 0 Å². The standard InChI is InChI=1S/C17H22N2O/c18-12-14-8-9-19(13-14)10-11-20-17-7-3-5-15-4-1-2-6-16(15)17/h1-7,14H,8-13,18H2. The maximum Gasteiger partial charge on any atom is 0.127 e. The molecule has 0 radical (unpaired) electrons. The molecule has 1 atom stereocenters. The van der Waals surface area contributed by atoms with Gasteiger partial charge in [0.15, 0.2) is 0 Å². The van der Waals surface area contributed by atoms with Crippen molar-refractivity contribution in [2.24, 2.45) is 11.7 Å². The summed E-state index contributed by atoms with van der Waals surface area (Å²) < 4.78 is 5.98. The van der Waals surface area contributed by atoms with E-state index in [2.05, 4.69) is 47.4 Å². The molecule has 2 aromatic carbocycles. The predicted molar refractivity (Wildman–Crippen MR) is 83.0 cm³/mol. The van der Waals surface area contributed by atoms with Crippen molar-refractivity contribution in [3.63, 3.8) is 0 Å². The molecule has 3 nitrogen and oxygen atoms in total. The van der Waals surface area contributed by atoms with E-state index >= 15 is 0 Å². The van der Waals surface area contributed by atoms with E-state index in [0.717, 1.165) is 38.5 Å². The van der Waals surface area contributed by atoms with Gasteiger partial charge in [0.25, 0.3) is 0 Å². The van der Waals surface area contributed by atoms with Gasteiger partial charge in [0, 0.05) is 18.5 Å². The molecule has 0 spiro atoms. The van der Waals surface area contributed by atoms with Gasteiger partial charge < -0.3 is 10.5 Å². The molecule has 3 rings (SSSR count). The molecule has 0 saturated carbocycles. The van der Waals surface area contributed by atoms with Crippen LogP contribution < -0.4 is 10.5 Å². The second kappa shape index (κ2) is 6.25. The summed E-state index contributed by atoms with van der Waals surface area (Å²) in [4.78, 5) is 2.45. The average molecular weight is 270 g/mol. The summed E-state index contributed by atoms with van der Waals surface area (Å²) in [6, 6.07) is 14.6. The fourth-order valence-corrected chi connectivity index (χ4v) is 2.91. The third-order valence-electron chi connectivity index (χ3n) is 4.12. The second-order valence-electron chi connectivity index (χ2n) is 5.52. The number of fused-ring (bicyclic) bond motifs is 1. The summed E-state index contributed by atoms with van der Waals surface area (Å²) in [6.45, 7) is 4.81. The van der Waals surface area contributed by atoms with Crippen LogP contribution in [0.4, 0.5) is 0 Å². The van der Waals surface area contributed by atoms with Gasteiger partial charge in [0.05, 0.1) is 0 Å². The van der Waals surface area contributed by atoms with Gasteiger partial charge in [-0.05, 0) is 36.9 Å². The lowest BCUT2D eigenvalue weighted by molar-refractivity contribution is 0.235. The molecule has 106 valence electrons. The minimum absolute atomic E-state index is 0.674. The molecule has 1 heterocycles. The third kappa shape index (κ3) is 2.94. The fourth-order valence-electron chi connectivity index (χ4n) is 2.91. The summed E-state index contributed by atoms with van der Waals surface area (Å²) >= 11 is 0. The van der Waals surface area contributed by atoms with E-state index in [1.165, 1.54) is 17.2 Å². The van der Waals surface area contributed by atoms with Gasteiger partial charge in [0.2, 0.25) is 0 Å². The molecule has 0 aromatic heterocycles. The van der Waals surface area contributed by atoms with Gasteiger partial charge >= 0.3 is 0 Å². The molecular weight excluding hydrogens is 248 g/mol. The Bertz CT molecular complexity index is 564. The lowest BCUT2D eigenvalue weighted by Gasteiger charge is -2.16. The highest BCUT2D eigenvalue weighted by Gasteiger charge is 2.20. The van der Waals surface area contributed by atoms with Crippen LogP contribution in [0.15, 0.2) is 42.5 Å². The minimum Gasteiger partial charge on any atom is -0.492 e. The van der Waals surface area contributed by atoms with E-state index in [0.29, 0.717) is 5.92 Å². The van der Waals surface area contributed by atoms with Gasteiger partial charge in [-0.25, -0.2) is 0 Å². The molecule has 0 amide bonds. The Morgan fingerprint density at radius 2 is 2.00 bits per heavy atom. The van der Waals surface area contributed by atoms with Gasteiger partial charge in [-0.15, -0.1) is 0 Å². The number of nitrogens with zero attached hydrogens (tertiary/aromatic N) is 1. The first-order chi connectivity index (χ1) is 9.86. The topological polar surface area (TPSA) is 38.5 Å². The van der Waals surface area contributed by atoms with Gasteiger partial charge in [-0.3, -0.25) is 4.90 Å². The van der Waals surface area contributed by atoms with Crippen molar-refractivity contribution < 1.29 is 4.74 Å². The first-order valence-corrected chi connectivity index (χ1v) is 7.40. The normalized spacial score (nSPS) is 19.6. The van der Waals surface area contributed by atoms with Crippen molar-refractivity contribution in [2.75, 3.05) is 32.8 Å². The molecule has 1 fully saturated rings. The zero-order chi connectivity index (χ0) is 13.8. The average Bonchev–Trinajstić information content (AvgIpc) is 2.95. The van der Waals surface area contributed by atoms with Gasteiger partial charge in [-0.1, -0.05) is 36.4 Å². The maximum absolute atomic E-state index is 5.98. The predicted octanol–water partition coefficient (Wildman–Crippen LogP) is 2.50. The second-order valence-corrected chi connectivity index (χ2v) is 5.52. The molecule has 2 aromatic rings. The van der Waals surface area contributed by atoms with Crippen molar-refractivity contribution >= 4 is 10.8 Å². The summed E-state index contributed by atoms with van der Waals surface area (Å²) in [5, 5.41) is 2.42. The smallest absolute Gasteiger partial charge is 0.127 e. The van der Waals surface area contributed by atoms with Crippen molar-refractivity contribution in [1.82, 2.24) is 4.90 Å². The molecule has 1 unspecified atom stereocenters. The SMILES string of the molecule is NCC1CCN(CCOc2cccc3ccccc23)C1.